The molecule has 2 unspecified atom stereocenters. The lowest BCUT2D eigenvalue weighted by atomic mass is 10.1. The molecule has 0 bridgehead atoms. The Morgan fingerprint density at radius 2 is 2.17 bits per heavy atom. The average molecular weight is 336 g/mol. The molecule has 2 atom stereocenters. The van der Waals surface area contributed by atoms with Gasteiger partial charge in [-0.25, -0.2) is 0 Å². The topological polar surface area (TPSA) is 99.0 Å². The Labute approximate surface area is 139 Å². The molecular weight excluding hydrogens is 316 g/mol. The van der Waals surface area contributed by atoms with E-state index in [4.69, 9.17) is 9.47 Å². The molecule has 0 saturated heterocycles. The smallest absolute Gasteiger partial charge is 0.326 e. The highest BCUT2D eigenvalue weighted by atomic mass is 16.6. The number of ether oxygens (including phenoxy) is 2. The molecule has 1 aromatic carbocycles. The van der Waals surface area contributed by atoms with E-state index in [9.17, 15) is 19.7 Å². The van der Waals surface area contributed by atoms with Gasteiger partial charge in [0.1, 0.15) is 12.3 Å². The summed E-state index contributed by atoms with van der Waals surface area (Å²) in [6, 6.07) is 3.97. The number of nitrogens with zero attached hydrogens (tertiary/aromatic N) is 2. The largest absolute Gasteiger partial charge is 0.478 e. The fraction of sp³-hybridized carbons (Fsp3) is 0.500. The van der Waals surface area contributed by atoms with E-state index in [2.05, 4.69) is 0 Å². The first-order valence-electron chi connectivity index (χ1n) is 7.83. The number of nitro groups is 1. The number of non-ortho nitro benzene ring substituents is 1. The Morgan fingerprint density at radius 3 is 2.75 bits per heavy atom. The molecule has 2 rings (SSSR count). The zero-order valence-corrected chi connectivity index (χ0v) is 13.9. The van der Waals surface area contributed by atoms with Crippen molar-refractivity contribution in [2.45, 2.75) is 45.8 Å². The van der Waals surface area contributed by atoms with Crippen molar-refractivity contribution in [3.63, 3.8) is 0 Å². The van der Waals surface area contributed by atoms with Gasteiger partial charge in [0.05, 0.1) is 16.7 Å². The van der Waals surface area contributed by atoms with Gasteiger partial charge in [0.2, 0.25) is 0 Å². The summed E-state index contributed by atoms with van der Waals surface area (Å²) in [4.78, 5) is 36.2. The lowest BCUT2D eigenvalue weighted by Gasteiger charge is -2.33. The molecule has 0 aliphatic carbocycles. The Morgan fingerprint density at radius 1 is 1.46 bits per heavy atom. The van der Waals surface area contributed by atoms with E-state index in [1.807, 2.05) is 6.92 Å². The zero-order chi connectivity index (χ0) is 17.9. The van der Waals surface area contributed by atoms with Crippen LogP contribution in [0.25, 0.3) is 0 Å². The molecule has 1 heterocycles. The zero-order valence-electron chi connectivity index (χ0n) is 13.9. The summed E-state index contributed by atoms with van der Waals surface area (Å²) in [5.41, 5.74) is 0.0281. The summed E-state index contributed by atoms with van der Waals surface area (Å²) in [7, 11) is 0. The maximum Gasteiger partial charge on any atom is 0.326 e. The van der Waals surface area contributed by atoms with Crippen LogP contribution in [-0.2, 0) is 14.3 Å². The summed E-state index contributed by atoms with van der Waals surface area (Å²) in [6.45, 7) is 5.11. The molecule has 1 aliphatic rings. The van der Waals surface area contributed by atoms with Crippen molar-refractivity contribution in [2.75, 3.05) is 11.4 Å². The molecule has 0 N–H and O–H groups in total. The molecule has 8 nitrogen and oxygen atoms in total. The summed E-state index contributed by atoms with van der Waals surface area (Å²) in [6.07, 6.45) is 0.0878. The number of anilines is 1. The van der Waals surface area contributed by atoms with E-state index in [1.54, 1.807) is 13.8 Å². The minimum Gasteiger partial charge on any atom is -0.478 e. The van der Waals surface area contributed by atoms with Gasteiger partial charge >= 0.3 is 5.97 Å². The number of rotatable bonds is 6. The maximum absolute atomic E-state index is 12.5. The number of fused-ring (bicyclic) bond motifs is 1. The second-order valence-corrected chi connectivity index (χ2v) is 5.56. The maximum atomic E-state index is 12.5. The molecular formula is C16H20N2O6. The predicted molar refractivity (Wildman–Crippen MR) is 86.0 cm³/mol. The van der Waals surface area contributed by atoms with Gasteiger partial charge in [-0.15, -0.1) is 0 Å². The van der Waals surface area contributed by atoms with E-state index in [0.29, 0.717) is 18.6 Å². The van der Waals surface area contributed by atoms with Crippen LogP contribution < -0.4 is 9.64 Å². The number of carbonyl (C=O) groups excluding carboxylic acids is 2. The third-order valence-electron chi connectivity index (χ3n) is 3.82. The molecule has 130 valence electrons. The highest BCUT2D eigenvalue weighted by Crippen LogP contribution is 2.37. The quantitative estimate of drug-likeness (QED) is 0.449. The highest BCUT2D eigenvalue weighted by molar-refractivity contribution is 6.03. The number of amides is 1. The van der Waals surface area contributed by atoms with Gasteiger partial charge in [-0.2, -0.15) is 0 Å². The predicted octanol–water partition coefficient (Wildman–Crippen LogP) is 2.44. The van der Waals surface area contributed by atoms with Gasteiger partial charge in [0.15, 0.2) is 6.10 Å². The van der Waals surface area contributed by atoms with Crippen molar-refractivity contribution in [3.05, 3.63) is 28.3 Å². The standard InChI is InChI=1S/C16H20N2O6/c1-4-10(3)23-15(19)9-17-12-8-11(18(21)22)6-7-14(12)24-13(5-2)16(17)20/h6-8,10,13H,4-5,9H2,1-3H3. The first-order chi connectivity index (χ1) is 11.4. The van der Waals surface area contributed by atoms with Crippen LogP contribution in [0.2, 0.25) is 0 Å². The second kappa shape index (κ2) is 7.29. The van der Waals surface area contributed by atoms with E-state index in [-0.39, 0.29) is 24.0 Å². The van der Waals surface area contributed by atoms with Gasteiger partial charge in [-0.05, 0) is 25.8 Å². The fourth-order valence-corrected chi connectivity index (χ4v) is 2.32. The van der Waals surface area contributed by atoms with Crippen LogP contribution in [0.3, 0.4) is 0 Å². The van der Waals surface area contributed by atoms with Crippen molar-refractivity contribution in [3.8, 4) is 5.75 Å². The van der Waals surface area contributed by atoms with Crippen LogP contribution in [0.1, 0.15) is 33.6 Å². The molecule has 0 aromatic heterocycles. The van der Waals surface area contributed by atoms with Gasteiger partial charge < -0.3 is 9.47 Å². The van der Waals surface area contributed by atoms with Gasteiger partial charge in [0, 0.05) is 12.1 Å². The number of benzene rings is 1. The minimum absolute atomic E-state index is 0.180. The molecule has 0 radical (unpaired) electrons. The Hall–Kier alpha value is -2.64. The molecule has 0 spiro atoms. The normalized spacial score (nSPS) is 17.7. The summed E-state index contributed by atoms with van der Waals surface area (Å²) in [5, 5.41) is 11.0. The fourth-order valence-electron chi connectivity index (χ4n) is 2.32. The third kappa shape index (κ3) is 3.64. The van der Waals surface area contributed by atoms with Gasteiger partial charge in [-0.3, -0.25) is 24.6 Å². The van der Waals surface area contributed by atoms with Crippen LogP contribution in [0, 0.1) is 10.1 Å². The first-order valence-corrected chi connectivity index (χ1v) is 7.83. The molecule has 8 heteroatoms. The first kappa shape index (κ1) is 17.7. The summed E-state index contributed by atoms with van der Waals surface area (Å²) < 4.78 is 10.8. The highest BCUT2D eigenvalue weighted by Gasteiger charge is 2.36. The van der Waals surface area contributed by atoms with Crippen molar-refractivity contribution >= 4 is 23.3 Å². The summed E-state index contributed by atoms with van der Waals surface area (Å²) >= 11 is 0. The Balaban J connectivity index is 2.34. The number of hydrogen-bond acceptors (Lipinski definition) is 6. The van der Waals surface area contributed by atoms with Crippen molar-refractivity contribution in [2.24, 2.45) is 0 Å². The molecule has 1 aromatic rings. The number of hydrogen-bond donors (Lipinski definition) is 0. The Bertz CT molecular complexity index is 660. The number of carbonyl (C=O) groups is 2. The van der Waals surface area contributed by atoms with Crippen LogP contribution in [-0.4, -0.2) is 35.6 Å². The third-order valence-corrected chi connectivity index (χ3v) is 3.82. The van der Waals surface area contributed by atoms with Crippen LogP contribution >= 0.6 is 0 Å². The molecule has 1 aliphatic heterocycles. The molecule has 1 amide bonds. The van der Waals surface area contributed by atoms with Gasteiger partial charge in [-0.1, -0.05) is 13.8 Å². The van der Waals surface area contributed by atoms with E-state index in [0.717, 1.165) is 0 Å². The average Bonchev–Trinajstić information content (AvgIpc) is 2.56. The van der Waals surface area contributed by atoms with E-state index < -0.39 is 22.9 Å². The molecule has 0 saturated carbocycles. The van der Waals surface area contributed by atoms with Crippen LogP contribution in [0.5, 0.6) is 5.75 Å². The van der Waals surface area contributed by atoms with Crippen molar-refractivity contribution in [1.82, 2.24) is 0 Å². The monoisotopic (exact) mass is 336 g/mol. The molecule has 24 heavy (non-hydrogen) atoms. The van der Waals surface area contributed by atoms with Crippen LogP contribution in [0.15, 0.2) is 18.2 Å². The second-order valence-electron chi connectivity index (χ2n) is 5.56. The minimum atomic E-state index is -0.727. The molecule has 0 fully saturated rings. The lowest BCUT2D eigenvalue weighted by molar-refractivity contribution is -0.384. The summed E-state index contributed by atoms with van der Waals surface area (Å²) in [5.74, 6) is -0.637. The van der Waals surface area contributed by atoms with Crippen molar-refractivity contribution < 1.29 is 24.0 Å². The number of nitro benzene ring substituents is 1. The van der Waals surface area contributed by atoms with Crippen LogP contribution in [0.4, 0.5) is 11.4 Å². The Kier molecular flexibility index (Phi) is 5.38. The van der Waals surface area contributed by atoms with E-state index >= 15 is 0 Å². The van der Waals surface area contributed by atoms with Crippen molar-refractivity contribution in [1.29, 1.82) is 0 Å². The number of esters is 1. The van der Waals surface area contributed by atoms with E-state index in [1.165, 1.54) is 23.1 Å². The lowest BCUT2D eigenvalue weighted by Crippen LogP contribution is -2.48. The SMILES string of the molecule is CCC(C)OC(=O)CN1C(=O)C(CC)Oc2ccc([N+](=O)[O-])cc21. The van der Waals surface area contributed by atoms with Gasteiger partial charge in [0.25, 0.3) is 11.6 Å².